The molecule has 1 saturated heterocycles. The monoisotopic (exact) mass is 485 g/mol. The second kappa shape index (κ2) is 10.5. The molecule has 0 unspecified atom stereocenters. The summed E-state index contributed by atoms with van der Waals surface area (Å²) in [7, 11) is 0. The maximum atomic E-state index is 13.0. The number of pyridine rings is 1. The van der Waals surface area contributed by atoms with Gasteiger partial charge in [0.05, 0.1) is 17.4 Å². The molecular formula is C23H25ClFN7O2. The van der Waals surface area contributed by atoms with Gasteiger partial charge in [0.1, 0.15) is 5.82 Å². The number of benzene rings is 1. The number of carbonyl (C=O) groups is 2. The molecule has 9 nitrogen and oxygen atoms in total. The number of piperidine rings is 1. The van der Waals surface area contributed by atoms with Crippen LogP contribution in [0, 0.1) is 12.7 Å². The minimum atomic E-state index is -0.364. The number of aryl methyl sites for hydroxylation is 1. The normalized spacial score (nSPS) is 14.0. The van der Waals surface area contributed by atoms with Gasteiger partial charge in [-0.2, -0.15) is 5.10 Å². The molecule has 4 rings (SSSR count). The lowest BCUT2D eigenvalue weighted by Gasteiger charge is -2.32. The number of aromatic nitrogens is 3. The Morgan fingerprint density at radius 2 is 1.88 bits per heavy atom. The number of rotatable bonds is 5. The van der Waals surface area contributed by atoms with Gasteiger partial charge in [-0.15, -0.1) is 0 Å². The molecule has 34 heavy (non-hydrogen) atoms. The molecule has 0 saturated carbocycles. The fourth-order valence-electron chi connectivity index (χ4n) is 3.72. The van der Waals surface area contributed by atoms with Crippen LogP contribution in [0.15, 0.2) is 48.8 Å². The molecule has 0 bridgehead atoms. The predicted octanol–water partition coefficient (Wildman–Crippen LogP) is 3.86. The standard InChI is InChI=1S/C23H25ClFN7O2/c1-15-2-3-16(21(28-15)32-14-17(24)13-27-32)12-26-23(34)31-10-8-20(9-11-31)30-22(33)29-19-6-4-18(25)5-7-19/h2-7,13-14,20H,8-12H2,1H3,(H,26,34)(H2,29,30,33). The Balaban J connectivity index is 1.26. The first kappa shape index (κ1) is 23.5. The zero-order valence-corrected chi connectivity index (χ0v) is 19.3. The minimum absolute atomic E-state index is 0.0537. The second-order valence-corrected chi connectivity index (χ2v) is 8.50. The van der Waals surface area contributed by atoms with Crippen molar-refractivity contribution in [2.24, 2.45) is 0 Å². The van der Waals surface area contributed by atoms with Crippen LogP contribution in [0.2, 0.25) is 5.02 Å². The Bertz CT molecular complexity index is 1160. The third-order valence-electron chi connectivity index (χ3n) is 5.51. The van der Waals surface area contributed by atoms with Gasteiger partial charge in [-0.25, -0.2) is 23.6 Å². The van der Waals surface area contributed by atoms with Gasteiger partial charge in [0.2, 0.25) is 0 Å². The second-order valence-electron chi connectivity index (χ2n) is 8.06. The van der Waals surface area contributed by atoms with E-state index in [0.29, 0.717) is 42.5 Å². The molecule has 0 aliphatic carbocycles. The molecule has 3 aromatic rings. The Morgan fingerprint density at radius 3 is 2.56 bits per heavy atom. The molecule has 0 spiro atoms. The molecule has 1 aliphatic heterocycles. The summed E-state index contributed by atoms with van der Waals surface area (Å²) in [5.41, 5.74) is 2.15. The average Bonchev–Trinajstić information content (AvgIpc) is 3.26. The van der Waals surface area contributed by atoms with Gasteiger partial charge in [0, 0.05) is 42.6 Å². The van der Waals surface area contributed by atoms with E-state index in [1.54, 1.807) is 15.8 Å². The van der Waals surface area contributed by atoms with Gasteiger partial charge in [-0.3, -0.25) is 0 Å². The van der Waals surface area contributed by atoms with Gasteiger partial charge in [-0.1, -0.05) is 17.7 Å². The molecule has 0 atom stereocenters. The lowest BCUT2D eigenvalue weighted by Crippen LogP contribution is -2.50. The highest BCUT2D eigenvalue weighted by Crippen LogP contribution is 2.16. The Kier molecular flexibility index (Phi) is 7.27. The van der Waals surface area contributed by atoms with E-state index in [4.69, 9.17) is 11.6 Å². The highest BCUT2D eigenvalue weighted by molar-refractivity contribution is 6.30. The van der Waals surface area contributed by atoms with E-state index >= 15 is 0 Å². The molecule has 2 aromatic heterocycles. The van der Waals surface area contributed by atoms with Crippen molar-refractivity contribution in [1.82, 2.24) is 30.3 Å². The number of hydrogen-bond donors (Lipinski definition) is 3. The van der Waals surface area contributed by atoms with Crippen LogP contribution in [0.1, 0.15) is 24.1 Å². The van der Waals surface area contributed by atoms with Gasteiger partial charge in [-0.05, 0) is 50.1 Å². The Hall–Kier alpha value is -3.66. The third-order valence-corrected chi connectivity index (χ3v) is 5.71. The average molecular weight is 486 g/mol. The Morgan fingerprint density at radius 1 is 1.15 bits per heavy atom. The third kappa shape index (κ3) is 6.02. The van der Waals surface area contributed by atoms with Crippen molar-refractivity contribution in [2.75, 3.05) is 18.4 Å². The molecule has 178 valence electrons. The first-order valence-electron chi connectivity index (χ1n) is 10.9. The number of urea groups is 2. The van der Waals surface area contributed by atoms with E-state index in [0.717, 1.165) is 11.3 Å². The molecule has 1 fully saturated rings. The largest absolute Gasteiger partial charge is 0.335 e. The molecular weight excluding hydrogens is 461 g/mol. The highest BCUT2D eigenvalue weighted by Gasteiger charge is 2.24. The van der Waals surface area contributed by atoms with Crippen LogP contribution in [0.4, 0.5) is 19.7 Å². The van der Waals surface area contributed by atoms with E-state index in [1.807, 2.05) is 19.1 Å². The van der Waals surface area contributed by atoms with Crippen molar-refractivity contribution >= 4 is 29.4 Å². The van der Waals surface area contributed by atoms with Gasteiger partial charge < -0.3 is 20.9 Å². The zero-order chi connectivity index (χ0) is 24.1. The van der Waals surface area contributed by atoms with Crippen LogP contribution in [-0.4, -0.2) is 50.9 Å². The van der Waals surface area contributed by atoms with E-state index < -0.39 is 0 Å². The van der Waals surface area contributed by atoms with E-state index in [-0.39, 0.29) is 30.5 Å². The highest BCUT2D eigenvalue weighted by atomic mass is 35.5. The number of likely N-dealkylation sites (tertiary alicyclic amines) is 1. The van der Waals surface area contributed by atoms with E-state index in [1.165, 1.54) is 30.5 Å². The molecule has 1 aromatic carbocycles. The van der Waals surface area contributed by atoms with Crippen LogP contribution in [0.3, 0.4) is 0 Å². The lowest BCUT2D eigenvalue weighted by molar-refractivity contribution is 0.176. The molecule has 0 radical (unpaired) electrons. The summed E-state index contributed by atoms with van der Waals surface area (Å²) in [6, 6.07) is 8.76. The predicted molar refractivity (Wildman–Crippen MR) is 126 cm³/mol. The van der Waals surface area contributed by atoms with Crippen LogP contribution in [0.25, 0.3) is 5.82 Å². The number of nitrogens with one attached hydrogen (secondary N) is 3. The summed E-state index contributed by atoms with van der Waals surface area (Å²) in [5.74, 6) is 0.250. The van der Waals surface area contributed by atoms with Crippen molar-refractivity contribution in [3.05, 3.63) is 70.9 Å². The van der Waals surface area contributed by atoms with Gasteiger partial charge in [0.15, 0.2) is 5.82 Å². The fraction of sp³-hybridized carbons (Fsp3) is 0.304. The molecule has 3 N–H and O–H groups in total. The number of nitrogens with zero attached hydrogens (tertiary/aromatic N) is 4. The summed E-state index contributed by atoms with van der Waals surface area (Å²) in [5, 5.41) is 13.2. The lowest BCUT2D eigenvalue weighted by atomic mass is 10.1. The number of carbonyl (C=O) groups excluding carboxylic acids is 2. The number of hydrogen-bond acceptors (Lipinski definition) is 4. The van der Waals surface area contributed by atoms with Crippen LogP contribution in [0.5, 0.6) is 0 Å². The maximum absolute atomic E-state index is 13.0. The van der Waals surface area contributed by atoms with Crippen molar-refractivity contribution in [1.29, 1.82) is 0 Å². The van der Waals surface area contributed by atoms with Gasteiger partial charge >= 0.3 is 12.1 Å². The zero-order valence-electron chi connectivity index (χ0n) is 18.6. The summed E-state index contributed by atoms with van der Waals surface area (Å²) in [4.78, 5) is 31.1. The molecule has 3 heterocycles. The van der Waals surface area contributed by atoms with E-state index in [2.05, 4.69) is 26.0 Å². The fourth-order valence-corrected chi connectivity index (χ4v) is 3.86. The first-order chi connectivity index (χ1) is 16.4. The van der Waals surface area contributed by atoms with Gasteiger partial charge in [0.25, 0.3) is 0 Å². The van der Waals surface area contributed by atoms with Crippen molar-refractivity contribution < 1.29 is 14.0 Å². The maximum Gasteiger partial charge on any atom is 0.319 e. The summed E-state index contributed by atoms with van der Waals surface area (Å²) < 4.78 is 14.6. The van der Waals surface area contributed by atoms with Crippen molar-refractivity contribution in [3.63, 3.8) is 0 Å². The summed E-state index contributed by atoms with van der Waals surface area (Å²) >= 11 is 5.99. The molecule has 11 heteroatoms. The number of amides is 4. The SMILES string of the molecule is Cc1ccc(CNC(=O)N2CCC(NC(=O)Nc3ccc(F)cc3)CC2)c(-n2cc(Cl)cn2)n1. The van der Waals surface area contributed by atoms with E-state index in [9.17, 15) is 14.0 Å². The Labute approximate surface area is 201 Å². The van der Waals surface area contributed by atoms with Crippen LogP contribution in [-0.2, 0) is 6.54 Å². The first-order valence-corrected chi connectivity index (χ1v) is 11.3. The van der Waals surface area contributed by atoms with Crippen LogP contribution < -0.4 is 16.0 Å². The molecule has 4 amide bonds. The van der Waals surface area contributed by atoms with Crippen LogP contribution >= 0.6 is 11.6 Å². The summed E-state index contributed by atoms with van der Waals surface area (Å²) in [6.07, 6.45) is 4.46. The topological polar surface area (TPSA) is 104 Å². The summed E-state index contributed by atoms with van der Waals surface area (Å²) in [6.45, 7) is 3.20. The number of halogens is 2. The smallest absolute Gasteiger partial charge is 0.319 e. The quantitative estimate of drug-likeness (QED) is 0.510. The number of anilines is 1. The van der Waals surface area contributed by atoms with Crippen molar-refractivity contribution in [3.8, 4) is 5.82 Å². The van der Waals surface area contributed by atoms with Crippen molar-refractivity contribution in [2.45, 2.75) is 32.4 Å². The minimum Gasteiger partial charge on any atom is -0.335 e. The molecule has 1 aliphatic rings.